The number of nitrogens with zero attached hydrogens (tertiary/aromatic N) is 3. The average Bonchev–Trinajstić information content (AvgIpc) is 2.77. The maximum atomic E-state index is 13.8. The molecule has 0 saturated carbocycles. The van der Waals surface area contributed by atoms with E-state index in [0.717, 1.165) is 8.61 Å². The molecule has 36 heavy (non-hydrogen) atoms. The number of carbonyl (C=O) groups is 2. The Morgan fingerprint density at radius 2 is 1.64 bits per heavy atom. The summed E-state index contributed by atoms with van der Waals surface area (Å²) in [5, 5.41) is 3.70. The van der Waals surface area contributed by atoms with E-state index in [2.05, 4.69) is 5.32 Å². The van der Waals surface area contributed by atoms with Crippen LogP contribution in [0.5, 0.6) is 0 Å². The van der Waals surface area contributed by atoms with Crippen molar-refractivity contribution in [1.82, 2.24) is 14.5 Å². The number of benzene rings is 2. The van der Waals surface area contributed by atoms with Gasteiger partial charge in [-0.15, -0.1) is 0 Å². The van der Waals surface area contributed by atoms with Crippen LogP contribution in [0.2, 0.25) is 10.0 Å². The van der Waals surface area contributed by atoms with Gasteiger partial charge in [0.15, 0.2) is 0 Å². The van der Waals surface area contributed by atoms with Crippen LogP contribution in [0.1, 0.15) is 39.7 Å². The molecule has 0 aromatic heterocycles. The summed E-state index contributed by atoms with van der Waals surface area (Å²) in [6.07, 6.45) is 0.310. The molecule has 1 N–H and O–H groups in total. The smallest absolute Gasteiger partial charge is 0.304 e. The second-order valence-electron chi connectivity index (χ2n) is 9.55. The molecule has 0 radical (unpaired) electrons. The number of para-hydroxylation sites is 1. The number of hydrogen-bond acceptors (Lipinski definition) is 4. The minimum atomic E-state index is -4.01. The number of carbonyl (C=O) groups excluding carboxylic acids is 2. The number of anilines is 1. The molecule has 2 rings (SSSR count). The highest BCUT2D eigenvalue weighted by molar-refractivity contribution is 7.90. The molecule has 1 atom stereocenters. The van der Waals surface area contributed by atoms with Crippen LogP contribution in [0.3, 0.4) is 0 Å². The molecule has 2 amide bonds. The minimum Gasteiger partial charge on any atom is -0.350 e. The van der Waals surface area contributed by atoms with Gasteiger partial charge < -0.3 is 10.2 Å². The lowest BCUT2D eigenvalue weighted by Gasteiger charge is -2.35. The number of nitrogens with one attached hydrogen (secondary N) is 1. The molecule has 0 aliphatic carbocycles. The fourth-order valence-electron chi connectivity index (χ4n) is 3.52. The minimum absolute atomic E-state index is 0.00442. The Labute approximate surface area is 224 Å². The molecule has 8 nitrogen and oxygen atoms in total. The highest BCUT2D eigenvalue weighted by Crippen LogP contribution is 2.25. The predicted molar refractivity (Wildman–Crippen MR) is 145 cm³/mol. The number of halogens is 2. The summed E-state index contributed by atoms with van der Waals surface area (Å²) >= 11 is 12.4. The maximum absolute atomic E-state index is 13.8. The summed E-state index contributed by atoms with van der Waals surface area (Å²) in [7, 11) is -1.22. The second kappa shape index (κ2) is 12.3. The highest BCUT2D eigenvalue weighted by Gasteiger charge is 2.34. The molecule has 0 spiro atoms. The Morgan fingerprint density at radius 1 is 1.03 bits per heavy atom. The highest BCUT2D eigenvalue weighted by atomic mass is 35.5. The normalized spacial score (nSPS) is 12.8. The zero-order valence-electron chi connectivity index (χ0n) is 21.5. The van der Waals surface area contributed by atoms with Crippen molar-refractivity contribution < 1.29 is 18.0 Å². The third-order valence-corrected chi connectivity index (χ3v) is 7.71. The standard InChI is InChI=1S/C25H34Cl2N4O4S/c1-7-22(24(33)28-25(2,3)4)30(16-18-13-14-19(26)15-21(18)27)23(32)17-31(36(34,35)29(5)6)20-11-9-8-10-12-20/h8-15,22H,7,16-17H2,1-6H3,(H,28,33)/t22-/m0/s1. The van der Waals surface area contributed by atoms with Crippen LogP contribution in [0, 0.1) is 0 Å². The van der Waals surface area contributed by atoms with Crippen LogP contribution in [0.4, 0.5) is 5.69 Å². The van der Waals surface area contributed by atoms with Crippen molar-refractivity contribution in [3.05, 3.63) is 64.1 Å². The Hall–Kier alpha value is -2.33. The lowest BCUT2D eigenvalue weighted by atomic mass is 10.1. The molecule has 0 heterocycles. The molecule has 2 aromatic carbocycles. The first-order chi connectivity index (χ1) is 16.7. The van der Waals surface area contributed by atoms with Crippen molar-refractivity contribution in [3.8, 4) is 0 Å². The summed E-state index contributed by atoms with van der Waals surface area (Å²) in [6.45, 7) is 6.83. The monoisotopic (exact) mass is 556 g/mol. The van der Waals surface area contributed by atoms with Crippen LogP contribution in [-0.4, -0.2) is 61.7 Å². The van der Waals surface area contributed by atoms with Crippen molar-refractivity contribution in [2.45, 2.75) is 52.2 Å². The number of amides is 2. The van der Waals surface area contributed by atoms with E-state index in [1.165, 1.54) is 19.0 Å². The molecule has 0 fully saturated rings. The summed E-state index contributed by atoms with van der Waals surface area (Å²) in [5.41, 5.74) is 0.385. The van der Waals surface area contributed by atoms with Gasteiger partial charge in [-0.3, -0.25) is 9.59 Å². The molecule has 198 valence electrons. The summed E-state index contributed by atoms with van der Waals surface area (Å²) < 4.78 is 28.4. The van der Waals surface area contributed by atoms with E-state index in [1.807, 2.05) is 20.8 Å². The van der Waals surface area contributed by atoms with Crippen molar-refractivity contribution in [3.63, 3.8) is 0 Å². The van der Waals surface area contributed by atoms with E-state index in [4.69, 9.17) is 23.2 Å². The van der Waals surface area contributed by atoms with Gasteiger partial charge in [0.05, 0.1) is 5.69 Å². The van der Waals surface area contributed by atoms with Gasteiger partial charge in [-0.2, -0.15) is 12.7 Å². The lowest BCUT2D eigenvalue weighted by Crippen LogP contribution is -2.55. The van der Waals surface area contributed by atoms with E-state index in [9.17, 15) is 18.0 Å². The van der Waals surface area contributed by atoms with E-state index in [1.54, 1.807) is 55.5 Å². The molecular formula is C25H34Cl2N4O4S. The predicted octanol–water partition coefficient (Wildman–Crippen LogP) is 4.33. The van der Waals surface area contributed by atoms with Gasteiger partial charge in [-0.1, -0.05) is 54.4 Å². The van der Waals surface area contributed by atoms with Gasteiger partial charge in [0.1, 0.15) is 12.6 Å². The van der Waals surface area contributed by atoms with Crippen molar-refractivity contribution >= 4 is 50.9 Å². The van der Waals surface area contributed by atoms with Crippen molar-refractivity contribution in [1.29, 1.82) is 0 Å². The van der Waals surface area contributed by atoms with Gasteiger partial charge in [-0.05, 0) is 57.0 Å². The van der Waals surface area contributed by atoms with Crippen LogP contribution < -0.4 is 9.62 Å². The second-order valence-corrected chi connectivity index (χ2v) is 12.5. The first-order valence-electron chi connectivity index (χ1n) is 11.5. The molecule has 0 saturated heterocycles. The van der Waals surface area contributed by atoms with E-state index < -0.39 is 34.2 Å². The third kappa shape index (κ3) is 7.83. The largest absolute Gasteiger partial charge is 0.350 e. The van der Waals surface area contributed by atoms with Gasteiger partial charge in [0, 0.05) is 36.2 Å². The topological polar surface area (TPSA) is 90.0 Å². The fraction of sp³-hybridized carbons (Fsp3) is 0.440. The summed E-state index contributed by atoms with van der Waals surface area (Å²) in [6, 6.07) is 12.4. The Kier molecular flexibility index (Phi) is 10.2. The zero-order valence-corrected chi connectivity index (χ0v) is 23.8. The third-order valence-electron chi connectivity index (χ3n) is 5.30. The van der Waals surface area contributed by atoms with E-state index >= 15 is 0 Å². The lowest BCUT2D eigenvalue weighted by molar-refractivity contribution is -0.141. The molecular weight excluding hydrogens is 523 g/mol. The maximum Gasteiger partial charge on any atom is 0.304 e. The van der Waals surface area contributed by atoms with Crippen LogP contribution in [0.15, 0.2) is 48.5 Å². The fourth-order valence-corrected chi connectivity index (χ4v) is 5.04. The van der Waals surface area contributed by atoms with Crippen LogP contribution in [-0.2, 0) is 26.3 Å². The average molecular weight is 558 g/mol. The first-order valence-corrected chi connectivity index (χ1v) is 13.6. The molecule has 0 aliphatic rings. The molecule has 0 bridgehead atoms. The molecule has 2 aromatic rings. The molecule has 0 aliphatic heterocycles. The Morgan fingerprint density at radius 3 is 2.14 bits per heavy atom. The summed E-state index contributed by atoms with van der Waals surface area (Å²) in [5.74, 6) is -0.892. The Balaban J connectivity index is 2.53. The zero-order chi connectivity index (χ0) is 27.3. The molecule has 11 heteroatoms. The van der Waals surface area contributed by atoms with E-state index in [0.29, 0.717) is 27.7 Å². The van der Waals surface area contributed by atoms with Gasteiger partial charge in [0.2, 0.25) is 11.8 Å². The van der Waals surface area contributed by atoms with Crippen molar-refractivity contribution in [2.75, 3.05) is 24.9 Å². The number of hydrogen-bond donors (Lipinski definition) is 1. The van der Waals surface area contributed by atoms with E-state index in [-0.39, 0.29) is 12.5 Å². The Bertz CT molecular complexity index is 1170. The molecule has 0 unspecified atom stereocenters. The van der Waals surface area contributed by atoms with Crippen molar-refractivity contribution in [2.24, 2.45) is 0 Å². The summed E-state index contributed by atoms with van der Waals surface area (Å²) in [4.78, 5) is 28.4. The van der Waals surface area contributed by atoms with Gasteiger partial charge in [-0.25, -0.2) is 4.31 Å². The first kappa shape index (κ1) is 29.9. The SMILES string of the molecule is CC[C@@H](C(=O)NC(C)(C)C)N(Cc1ccc(Cl)cc1Cl)C(=O)CN(c1ccccc1)S(=O)(=O)N(C)C. The quantitative estimate of drug-likeness (QED) is 0.471. The van der Waals surface area contributed by atoms with Gasteiger partial charge >= 0.3 is 10.2 Å². The van der Waals surface area contributed by atoms with Crippen LogP contribution in [0.25, 0.3) is 0 Å². The van der Waals surface area contributed by atoms with Gasteiger partial charge in [0.25, 0.3) is 0 Å². The van der Waals surface area contributed by atoms with Crippen LogP contribution >= 0.6 is 23.2 Å². The number of rotatable bonds is 10.